The topological polar surface area (TPSA) is 97.1 Å². The molecular weight excluding hydrogens is 472 g/mol. The maximum Gasteiger partial charge on any atom is 0.328 e. The van der Waals surface area contributed by atoms with E-state index in [9.17, 15) is 9.59 Å². The first-order valence-corrected chi connectivity index (χ1v) is 11.8. The summed E-state index contributed by atoms with van der Waals surface area (Å²) in [6, 6.07) is 24.4. The van der Waals surface area contributed by atoms with Crippen LogP contribution in [-0.4, -0.2) is 42.0 Å². The van der Waals surface area contributed by atoms with Gasteiger partial charge in [0.05, 0.1) is 7.11 Å². The van der Waals surface area contributed by atoms with Crippen LogP contribution in [0.1, 0.15) is 21.6 Å². The number of carbonyl (C=O) groups is 2. The molecule has 0 spiro atoms. The molecular formula is C28H26N4O5. The van der Waals surface area contributed by atoms with Crippen molar-refractivity contribution in [2.75, 3.05) is 30.4 Å². The minimum Gasteiger partial charge on any atom is -0.497 e. The Morgan fingerprint density at radius 2 is 1.76 bits per heavy atom. The van der Waals surface area contributed by atoms with Gasteiger partial charge >= 0.3 is 12.0 Å². The van der Waals surface area contributed by atoms with E-state index in [1.165, 1.54) is 11.2 Å². The number of anilines is 2. The summed E-state index contributed by atoms with van der Waals surface area (Å²) >= 11 is 0. The van der Waals surface area contributed by atoms with Gasteiger partial charge in [0.15, 0.2) is 5.69 Å². The second-order valence-electron chi connectivity index (χ2n) is 8.48. The SMILES string of the molecule is COc1cccc(CN2CCN(c3nc(C(=O)Nc4ccc(OCc5ccccc5)cc4)co3)C2=O)c1. The Labute approximate surface area is 214 Å². The molecule has 3 aromatic carbocycles. The lowest BCUT2D eigenvalue weighted by atomic mass is 10.2. The number of methoxy groups -OCH3 is 1. The second kappa shape index (κ2) is 10.9. The molecule has 1 aromatic heterocycles. The molecule has 0 unspecified atom stereocenters. The summed E-state index contributed by atoms with van der Waals surface area (Å²) < 4.78 is 16.5. The molecule has 3 amide bonds. The van der Waals surface area contributed by atoms with Crippen LogP contribution in [-0.2, 0) is 13.2 Å². The van der Waals surface area contributed by atoms with E-state index in [2.05, 4.69) is 10.3 Å². The van der Waals surface area contributed by atoms with Gasteiger partial charge in [0.1, 0.15) is 24.4 Å². The zero-order valence-corrected chi connectivity index (χ0v) is 20.3. The Kier molecular flexibility index (Phi) is 7.02. The lowest BCUT2D eigenvalue weighted by Gasteiger charge is -2.16. The summed E-state index contributed by atoms with van der Waals surface area (Å²) in [7, 11) is 1.61. The van der Waals surface area contributed by atoms with Crippen molar-refractivity contribution in [3.8, 4) is 11.5 Å². The van der Waals surface area contributed by atoms with Gasteiger partial charge in [-0.25, -0.2) is 9.69 Å². The minimum atomic E-state index is -0.437. The Morgan fingerprint density at radius 3 is 2.54 bits per heavy atom. The van der Waals surface area contributed by atoms with Gasteiger partial charge in [0.2, 0.25) is 0 Å². The number of urea groups is 1. The highest BCUT2D eigenvalue weighted by molar-refractivity contribution is 6.03. The lowest BCUT2D eigenvalue weighted by Crippen LogP contribution is -2.31. The zero-order valence-electron chi connectivity index (χ0n) is 20.3. The van der Waals surface area contributed by atoms with E-state index >= 15 is 0 Å². The largest absolute Gasteiger partial charge is 0.497 e. The zero-order chi connectivity index (χ0) is 25.6. The van der Waals surface area contributed by atoms with E-state index < -0.39 is 5.91 Å². The van der Waals surface area contributed by atoms with Crippen LogP contribution in [0.5, 0.6) is 11.5 Å². The number of hydrogen-bond acceptors (Lipinski definition) is 6. The van der Waals surface area contributed by atoms with Crippen molar-refractivity contribution in [1.29, 1.82) is 0 Å². The molecule has 188 valence electrons. The van der Waals surface area contributed by atoms with Crippen LogP contribution < -0.4 is 19.7 Å². The van der Waals surface area contributed by atoms with Crippen LogP contribution in [0.15, 0.2) is 89.5 Å². The molecule has 0 bridgehead atoms. The van der Waals surface area contributed by atoms with Crippen molar-refractivity contribution in [2.45, 2.75) is 13.2 Å². The first-order valence-electron chi connectivity index (χ1n) is 11.8. The quantitative estimate of drug-likeness (QED) is 0.351. The van der Waals surface area contributed by atoms with E-state index in [0.717, 1.165) is 16.9 Å². The molecule has 1 aliphatic rings. The van der Waals surface area contributed by atoms with Gasteiger partial charge in [-0.2, -0.15) is 4.98 Å². The van der Waals surface area contributed by atoms with Crippen LogP contribution >= 0.6 is 0 Å². The van der Waals surface area contributed by atoms with E-state index in [4.69, 9.17) is 13.9 Å². The fourth-order valence-electron chi connectivity index (χ4n) is 3.96. The van der Waals surface area contributed by atoms with Crippen LogP contribution in [0.3, 0.4) is 0 Å². The number of nitrogens with one attached hydrogen (secondary N) is 1. The molecule has 0 radical (unpaired) electrons. The molecule has 0 atom stereocenters. The summed E-state index contributed by atoms with van der Waals surface area (Å²) in [5.41, 5.74) is 2.70. The normalized spacial score (nSPS) is 13.1. The van der Waals surface area contributed by atoms with Gasteiger partial charge in [-0.05, 0) is 47.5 Å². The summed E-state index contributed by atoms with van der Waals surface area (Å²) in [5.74, 6) is 0.989. The van der Waals surface area contributed by atoms with E-state index in [1.54, 1.807) is 36.3 Å². The van der Waals surface area contributed by atoms with Crippen LogP contribution in [0.25, 0.3) is 0 Å². The smallest absolute Gasteiger partial charge is 0.328 e. The molecule has 0 saturated carbocycles. The number of amides is 3. The van der Waals surface area contributed by atoms with E-state index in [0.29, 0.717) is 37.7 Å². The molecule has 1 aliphatic heterocycles. The molecule has 0 aliphatic carbocycles. The van der Waals surface area contributed by atoms with Gasteiger partial charge in [0, 0.05) is 25.3 Å². The number of nitrogens with zero attached hydrogens (tertiary/aromatic N) is 3. The van der Waals surface area contributed by atoms with E-state index in [-0.39, 0.29) is 17.7 Å². The standard InChI is InChI=1S/C28H26N4O5/c1-35-24-9-5-8-21(16-24)17-31-14-15-32(28(31)34)27-30-25(19-37-27)26(33)29-22-10-12-23(13-11-22)36-18-20-6-3-2-4-7-20/h2-13,16,19H,14-15,17-18H2,1H3,(H,29,33). The highest BCUT2D eigenvalue weighted by Gasteiger charge is 2.33. The van der Waals surface area contributed by atoms with Crippen molar-refractivity contribution in [1.82, 2.24) is 9.88 Å². The summed E-state index contributed by atoms with van der Waals surface area (Å²) in [4.78, 5) is 33.0. The molecule has 5 rings (SSSR count). The van der Waals surface area contributed by atoms with E-state index in [1.807, 2.05) is 54.6 Å². The first-order chi connectivity index (χ1) is 18.1. The van der Waals surface area contributed by atoms with Gasteiger partial charge in [0.25, 0.3) is 5.91 Å². The predicted molar refractivity (Wildman–Crippen MR) is 138 cm³/mol. The molecule has 9 heteroatoms. The first kappa shape index (κ1) is 23.9. The number of benzene rings is 3. The Hall–Kier alpha value is -4.79. The molecule has 9 nitrogen and oxygen atoms in total. The number of aromatic nitrogens is 1. The third kappa shape index (κ3) is 5.72. The number of rotatable bonds is 9. The monoisotopic (exact) mass is 498 g/mol. The average Bonchev–Trinajstić information content (AvgIpc) is 3.56. The van der Waals surface area contributed by atoms with Crippen molar-refractivity contribution >= 4 is 23.6 Å². The van der Waals surface area contributed by atoms with Gasteiger partial charge in [-0.3, -0.25) is 4.79 Å². The Morgan fingerprint density at radius 1 is 0.973 bits per heavy atom. The molecule has 4 aromatic rings. The van der Waals surface area contributed by atoms with Gasteiger partial charge in [-0.15, -0.1) is 0 Å². The highest BCUT2D eigenvalue weighted by atomic mass is 16.5. The molecule has 1 fully saturated rings. The summed E-state index contributed by atoms with van der Waals surface area (Å²) in [5, 5.41) is 2.78. The Balaban J connectivity index is 1.16. The Bertz CT molecular complexity index is 1370. The number of carbonyl (C=O) groups excluding carboxylic acids is 2. The third-order valence-corrected chi connectivity index (χ3v) is 5.92. The highest BCUT2D eigenvalue weighted by Crippen LogP contribution is 2.23. The number of ether oxygens (including phenoxy) is 2. The molecule has 2 heterocycles. The van der Waals surface area contributed by atoms with Crippen molar-refractivity contribution in [2.24, 2.45) is 0 Å². The average molecular weight is 499 g/mol. The second-order valence-corrected chi connectivity index (χ2v) is 8.48. The van der Waals surface area contributed by atoms with Gasteiger partial charge in [-0.1, -0.05) is 42.5 Å². The fraction of sp³-hybridized carbons (Fsp3) is 0.179. The summed E-state index contributed by atoms with van der Waals surface area (Å²) in [6.07, 6.45) is 1.25. The third-order valence-electron chi connectivity index (χ3n) is 5.92. The number of hydrogen-bond donors (Lipinski definition) is 1. The maximum absolute atomic E-state index is 12.9. The van der Waals surface area contributed by atoms with Crippen molar-refractivity contribution < 1.29 is 23.5 Å². The van der Waals surface area contributed by atoms with Crippen LogP contribution in [0, 0.1) is 0 Å². The summed E-state index contributed by atoms with van der Waals surface area (Å²) in [6.45, 7) is 1.82. The van der Waals surface area contributed by atoms with Crippen molar-refractivity contribution in [3.05, 3.63) is 102 Å². The van der Waals surface area contributed by atoms with Crippen LogP contribution in [0.2, 0.25) is 0 Å². The lowest BCUT2D eigenvalue weighted by molar-refractivity contribution is 0.102. The molecule has 1 N–H and O–H groups in total. The minimum absolute atomic E-state index is 0.0819. The van der Waals surface area contributed by atoms with Crippen LogP contribution in [0.4, 0.5) is 16.5 Å². The fourth-order valence-corrected chi connectivity index (χ4v) is 3.96. The maximum atomic E-state index is 12.9. The van der Waals surface area contributed by atoms with Gasteiger partial charge < -0.3 is 24.1 Å². The molecule has 1 saturated heterocycles. The molecule has 37 heavy (non-hydrogen) atoms. The predicted octanol–water partition coefficient (Wildman–Crippen LogP) is 4.96. The van der Waals surface area contributed by atoms with Crippen molar-refractivity contribution in [3.63, 3.8) is 0 Å². The number of oxazole rings is 1.